The van der Waals surface area contributed by atoms with Crippen molar-refractivity contribution in [1.82, 2.24) is 0 Å². The van der Waals surface area contributed by atoms with Crippen LogP contribution in [0.5, 0.6) is 0 Å². The Labute approximate surface area is 217 Å². The number of rotatable bonds is 14. The molecule has 0 aliphatic carbocycles. The van der Waals surface area contributed by atoms with E-state index in [1.54, 1.807) is 0 Å². The topological polar surface area (TPSA) is 110 Å². The molecule has 0 saturated heterocycles. The molecule has 6 nitrogen and oxygen atoms in total. The van der Waals surface area contributed by atoms with Crippen LogP contribution in [0.1, 0.15) is 85.4 Å². The molecule has 0 rings (SSSR count). The molecule has 0 amide bonds. The summed E-state index contributed by atoms with van der Waals surface area (Å²) in [5, 5.41) is 10.4. The van der Waals surface area contributed by atoms with Crippen molar-refractivity contribution in [2.24, 2.45) is 5.73 Å². The summed E-state index contributed by atoms with van der Waals surface area (Å²) in [6.45, 7) is 2.20. The molecule has 0 aliphatic rings. The van der Waals surface area contributed by atoms with Crippen molar-refractivity contribution in [2.75, 3.05) is 0 Å². The molecule has 25 heavy (non-hydrogen) atoms. The van der Waals surface area contributed by atoms with Gasteiger partial charge in [-0.05, 0) is 12.8 Å². The van der Waals surface area contributed by atoms with Crippen LogP contribution in [0.2, 0.25) is 0 Å². The van der Waals surface area contributed by atoms with Gasteiger partial charge in [0.15, 0.2) is 0 Å². The maximum atomic E-state index is 11.4. The molecule has 0 saturated carbocycles. The van der Waals surface area contributed by atoms with E-state index in [0.29, 0.717) is 6.42 Å². The van der Waals surface area contributed by atoms with E-state index in [1.165, 1.54) is 38.5 Å². The first-order valence-electron chi connectivity index (χ1n) is 8.67. The monoisotopic (exact) mass is 391 g/mol. The van der Waals surface area contributed by atoms with Crippen LogP contribution in [0.15, 0.2) is 0 Å². The van der Waals surface area contributed by atoms with Crippen molar-refractivity contribution < 1.29 is 107 Å². The fourth-order valence-corrected chi connectivity index (χ4v) is 2.20. The van der Waals surface area contributed by atoms with Crippen molar-refractivity contribution in [2.45, 2.75) is 90.0 Å². The minimum Gasteiger partial charge on any atom is -1.00 e. The number of carbonyl (C=O) groups excluding carboxylic acids is 3. The number of carboxylic acid groups (broad SMARTS) is 1. The number of nitrogens with two attached hydrogens (primary N) is 1. The maximum absolute atomic E-state index is 11.4. The molecule has 0 aliphatic heterocycles. The zero-order valence-corrected chi connectivity index (χ0v) is 21.3. The Bertz CT molecular complexity index is 375. The maximum Gasteiger partial charge on any atom is 1.00 e. The van der Waals surface area contributed by atoms with E-state index < -0.39 is 23.9 Å². The number of hydrogen-bond donors (Lipinski definition) is 1. The van der Waals surface area contributed by atoms with Crippen LogP contribution in [0.25, 0.3) is 0 Å². The average Bonchev–Trinajstić information content (AvgIpc) is 2.50. The van der Waals surface area contributed by atoms with Crippen LogP contribution in [-0.2, 0) is 19.1 Å². The number of unbranched alkanes of at least 4 members (excludes halogenated alkanes) is 8. The van der Waals surface area contributed by atoms with Gasteiger partial charge >= 0.3 is 92.9 Å². The molecule has 0 unspecified atom stereocenters. The van der Waals surface area contributed by atoms with Crippen molar-refractivity contribution in [3.63, 3.8) is 0 Å². The van der Waals surface area contributed by atoms with Gasteiger partial charge < -0.3 is 21.8 Å². The molecular weight excluding hydrogens is 360 g/mol. The summed E-state index contributed by atoms with van der Waals surface area (Å²) in [4.78, 5) is 33.1. The van der Waals surface area contributed by atoms with Gasteiger partial charge in [-0.1, -0.05) is 58.3 Å². The van der Waals surface area contributed by atoms with Crippen LogP contribution in [0, 0.1) is 0 Å². The Morgan fingerprint density at radius 2 is 1.36 bits per heavy atom. The largest absolute Gasteiger partial charge is 1.00 e. The van der Waals surface area contributed by atoms with Crippen LogP contribution in [0.3, 0.4) is 0 Å². The number of esters is 2. The summed E-state index contributed by atoms with van der Waals surface area (Å²) >= 11 is 0. The molecule has 0 radical (unpaired) electrons. The second-order valence-electron chi connectivity index (χ2n) is 5.89. The van der Waals surface area contributed by atoms with Crippen LogP contribution in [0.4, 0.5) is 0 Å². The average molecular weight is 392 g/mol. The van der Waals surface area contributed by atoms with Crippen molar-refractivity contribution in [3.05, 3.63) is 0 Å². The number of aliphatic carboxylic acids is 1. The molecule has 136 valence electrons. The third kappa shape index (κ3) is 21.4. The summed E-state index contributed by atoms with van der Waals surface area (Å²) in [7, 11) is 0. The van der Waals surface area contributed by atoms with Gasteiger partial charge in [0.1, 0.15) is 0 Å². The van der Waals surface area contributed by atoms with E-state index in [1.807, 2.05) is 0 Å². The third-order valence-corrected chi connectivity index (χ3v) is 3.67. The third-order valence-electron chi connectivity index (χ3n) is 3.67. The van der Waals surface area contributed by atoms with Crippen molar-refractivity contribution in [3.8, 4) is 0 Å². The molecular formula is C17H31KNNaO5. The molecule has 0 fully saturated rings. The Hall–Kier alpha value is 1.21. The van der Waals surface area contributed by atoms with Crippen molar-refractivity contribution in [1.29, 1.82) is 0 Å². The molecule has 0 spiro atoms. The van der Waals surface area contributed by atoms with E-state index in [0.717, 1.165) is 12.8 Å². The predicted molar refractivity (Wildman–Crippen MR) is 86.3 cm³/mol. The fourth-order valence-electron chi connectivity index (χ4n) is 2.20. The predicted octanol–water partition coefficient (Wildman–Crippen LogP) is -4.04. The molecule has 0 heterocycles. The second kappa shape index (κ2) is 21.5. The van der Waals surface area contributed by atoms with Crippen LogP contribution in [-0.4, -0.2) is 23.9 Å². The summed E-state index contributed by atoms with van der Waals surface area (Å²) in [5.41, 5.74) is 5.21. The van der Waals surface area contributed by atoms with Gasteiger partial charge in [0.25, 0.3) is 0 Å². The normalized spacial score (nSPS) is 11.0. The van der Waals surface area contributed by atoms with E-state index in [2.05, 4.69) is 11.7 Å². The number of ether oxygens (including phenoxy) is 1. The Kier molecular flexibility index (Phi) is 26.6. The van der Waals surface area contributed by atoms with Crippen LogP contribution < -0.4 is 91.8 Å². The molecule has 1 atom stereocenters. The smallest absolute Gasteiger partial charge is 1.00 e. The molecule has 2 N–H and O–H groups in total. The number of carboxylic acids is 1. The summed E-state index contributed by atoms with van der Waals surface area (Å²) in [6, 6.07) is -1.21. The van der Waals surface area contributed by atoms with Crippen molar-refractivity contribution >= 4 is 17.9 Å². The Morgan fingerprint density at radius 3 is 1.84 bits per heavy atom. The fraction of sp³-hybridized carbons (Fsp3) is 0.824. The number of hydrogen-bond acceptors (Lipinski definition) is 6. The summed E-state index contributed by atoms with van der Waals surface area (Å²) in [5.74, 6) is -2.71. The summed E-state index contributed by atoms with van der Waals surface area (Å²) in [6.07, 6.45) is 10.2. The van der Waals surface area contributed by atoms with E-state index in [9.17, 15) is 19.5 Å². The van der Waals surface area contributed by atoms with E-state index in [4.69, 9.17) is 5.73 Å². The first kappa shape index (κ1) is 30.9. The van der Waals surface area contributed by atoms with Gasteiger partial charge in [-0.2, -0.15) is 0 Å². The molecule has 0 bridgehead atoms. The zero-order valence-electron chi connectivity index (χ0n) is 17.2. The first-order chi connectivity index (χ1) is 11.0. The SMILES string of the molecule is CCCCCCCCCCCC(=O)OC(=O)CC[C@H](N)C(=O)[O-].[H-].[K+].[Na+]. The Morgan fingerprint density at radius 1 is 0.920 bits per heavy atom. The first-order valence-corrected chi connectivity index (χ1v) is 8.67. The quantitative estimate of drug-likeness (QED) is 0.140. The van der Waals surface area contributed by atoms with Gasteiger partial charge in [0.05, 0.1) is 5.97 Å². The molecule has 8 heteroatoms. The summed E-state index contributed by atoms with van der Waals surface area (Å²) < 4.78 is 4.61. The van der Waals surface area contributed by atoms with Gasteiger partial charge in [-0.15, -0.1) is 0 Å². The van der Waals surface area contributed by atoms with Gasteiger partial charge in [-0.3, -0.25) is 9.59 Å². The van der Waals surface area contributed by atoms with Gasteiger partial charge in [0, 0.05) is 18.9 Å². The van der Waals surface area contributed by atoms with Gasteiger partial charge in [-0.25, -0.2) is 0 Å². The Balaban J connectivity index is -0.000000807. The van der Waals surface area contributed by atoms with Crippen LogP contribution >= 0.6 is 0 Å². The van der Waals surface area contributed by atoms with Gasteiger partial charge in [0.2, 0.25) is 0 Å². The standard InChI is InChI=1S/C17H31NO5.K.Na.H/c1-2-3-4-5-6-7-8-9-10-11-15(19)23-16(20)13-12-14(18)17(21)22;;;/h14H,2-13,18H2,1H3,(H,21,22);;;/q;2*+1;-1/p-1/t14-;;;/m0.../s1. The minimum absolute atomic E-state index is 0. The second-order valence-corrected chi connectivity index (χ2v) is 5.89. The molecule has 0 aromatic carbocycles. The number of carbonyl (C=O) groups is 3. The van der Waals surface area contributed by atoms with E-state index >= 15 is 0 Å². The van der Waals surface area contributed by atoms with E-state index in [-0.39, 0.29) is 102 Å². The zero-order chi connectivity index (χ0) is 17.5. The molecule has 0 aromatic rings. The molecule has 0 aromatic heterocycles. The minimum atomic E-state index is -1.42.